The second-order valence-electron chi connectivity index (χ2n) is 8.86. The van der Waals surface area contributed by atoms with Crippen LogP contribution >= 0.6 is 0 Å². The highest BCUT2D eigenvalue weighted by Gasteiger charge is 2.24. The first-order valence-corrected chi connectivity index (χ1v) is 11.8. The van der Waals surface area contributed by atoms with E-state index in [1.54, 1.807) is 23.1 Å². The van der Waals surface area contributed by atoms with Gasteiger partial charge in [0.2, 0.25) is 0 Å². The van der Waals surface area contributed by atoms with Crippen LogP contribution in [0.3, 0.4) is 0 Å². The average Bonchev–Trinajstić information content (AvgIpc) is 3.68. The summed E-state index contributed by atoms with van der Waals surface area (Å²) in [5.74, 6) is 0.511. The van der Waals surface area contributed by atoms with Gasteiger partial charge in [0.1, 0.15) is 6.33 Å². The van der Waals surface area contributed by atoms with Crippen molar-refractivity contribution in [2.45, 2.75) is 19.0 Å². The Bertz CT molecular complexity index is 1460. The number of aromatic nitrogens is 6. The van der Waals surface area contributed by atoms with Gasteiger partial charge in [0.05, 0.1) is 18.1 Å². The van der Waals surface area contributed by atoms with Crippen LogP contribution in [0.2, 0.25) is 0 Å². The lowest BCUT2D eigenvalue weighted by Gasteiger charge is -2.17. The van der Waals surface area contributed by atoms with Crippen molar-refractivity contribution in [3.63, 3.8) is 0 Å². The number of nitrogens with zero attached hydrogens (tertiary/aromatic N) is 6. The second-order valence-corrected chi connectivity index (χ2v) is 8.86. The molecule has 4 heterocycles. The summed E-state index contributed by atoms with van der Waals surface area (Å²) in [7, 11) is 0. The average molecular weight is 480 g/mol. The number of aromatic amines is 1. The number of carbonyl (C=O) groups excluding carboxylic acids is 1. The number of hydrogen-bond acceptors (Lipinski definition) is 7. The summed E-state index contributed by atoms with van der Waals surface area (Å²) in [5, 5.41) is 17.6. The fourth-order valence-electron chi connectivity index (χ4n) is 4.54. The molecule has 1 aliphatic heterocycles. The SMILES string of the molecule is O=C(N[C@H]1CCN(Cc2ccccc2)C1)c1ccc(Nc2ncc(-c3cn[nH]c3)n3ncnc23)cc1. The number of benzene rings is 2. The Hall–Kier alpha value is -4.57. The van der Waals surface area contributed by atoms with E-state index in [-0.39, 0.29) is 11.9 Å². The molecule has 3 N–H and O–H groups in total. The third-order valence-corrected chi connectivity index (χ3v) is 6.36. The highest BCUT2D eigenvalue weighted by atomic mass is 16.1. The van der Waals surface area contributed by atoms with Crippen molar-refractivity contribution in [1.29, 1.82) is 0 Å². The molecule has 0 saturated carbocycles. The van der Waals surface area contributed by atoms with Gasteiger partial charge >= 0.3 is 0 Å². The van der Waals surface area contributed by atoms with E-state index in [9.17, 15) is 4.79 Å². The summed E-state index contributed by atoms with van der Waals surface area (Å²) in [6.45, 7) is 2.74. The van der Waals surface area contributed by atoms with Crippen LogP contribution in [0.1, 0.15) is 22.3 Å². The van der Waals surface area contributed by atoms with Crippen LogP contribution < -0.4 is 10.6 Å². The summed E-state index contributed by atoms with van der Waals surface area (Å²) in [4.78, 5) is 24.1. The van der Waals surface area contributed by atoms with Crippen molar-refractivity contribution >= 4 is 23.1 Å². The maximum absolute atomic E-state index is 12.8. The van der Waals surface area contributed by atoms with Gasteiger partial charge in [0, 0.05) is 48.7 Å². The normalized spacial score (nSPS) is 15.8. The molecule has 1 saturated heterocycles. The standard InChI is InChI=1S/C26H25N9O/c36-26(33-22-10-11-34(16-22)15-18-4-2-1-3-5-18)19-6-8-21(9-7-19)32-24-25-28-17-31-35(25)23(14-27-24)20-12-29-30-13-20/h1-9,12-14,17,22H,10-11,15-16H2,(H,27,32)(H,29,30)(H,33,36)/t22-/m0/s1. The van der Waals surface area contributed by atoms with Gasteiger partial charge in [-0.3, -0.25) is 14.8 Å². The Balaban J connectivity index is 1.09. The molecule has 2 aromatic carbocycles. The smallest absolute Gasteiger partial charge is 0.251 e. The molecule has 0 radical (unpaired) electrons. The van der Waals surface area contributed by atoms with Gasteiger partial charge in [-0.15, -0.1) is 0 Å². The molecule has 180 valence electrons. The largest absolute Gasteiger partial charge is 0.348 e. The van der Waals surface area contributed by atoms with E-state index in [2.05, 4.69) is 65.1 Å². The summed E-state index contributed by atoms with van der Waals surface area (Å²) >= 11 is 0. The molecule has 1 atom stereocenters. The van der Waals surface area contributed by atoms with Crippen LogP contribution in [-0.4, -0.2) is 59.7 Å². The summed E-state index contributed by atoms with van der Waals surface area (Å²) in [6.07, 6.45) is 7.65. The lowest BCUT2D eigenvalue weighted by atomic mass is 10.1. The van der Waals surface area contributed by atoms with E-state index in [4.69, 9.17) is 0 Å². The monoisotopic (exact) mass is 479 g/mol. The molecule has 3 aromatic heterocycles. The Morgan fingerprint density at radius 1 is 1.06 bits per heavy atom. The minimum absolute atomic E-state index is 0.0597. The lowest BCUT2D eigenvalue weighted by Crippen LogP contribution is -2.36. The molecular weight excluding hydrogens is 454 g/mol. The molecular formula is C26H25N9O. The van der Waals surface area contributed by atoms with Gasteiger partial charge in [0.15, 0.2) is 11.5 Å². The molecule has 1 fully saturated rings. The zero-order valence-electron chi connectivity index (χ0n) is 19.5. The quantitative estimate of drug-likeness (QED) is 0.328. The van der Waals surface area contributed by atoms with Crippen LogP contribution in [0.25, 0.3) is 16.9 Å². The first-order chi connectivity index (χ1) is 17.7. The van der Waals surface area contributed by atoms with Crippen molar-refractivity contribution in [3.8, 4) is 11.3 Å². The van der Waals surface area contributed by atoms with Gasteiger partial charge in [-0.1, -0.05) is 30.3 Å². The Morgan fingerprint density at radius 3 is 2.72 bits per heavy atom. The first kappa shape index (κ1) is 21.9. The number of hydrogen-bond donors (Lipinski definition) is 3. The summed E-state index contributed by atoms with van der Waals surface area (Å²) in [6, 6.07) is 17.9. The van der Waals surface area contributed by atoms with Crippen molar-refractivity contribution in [3.05, 3.63) is 90.6 Å². The minimum Gasteiger partial charge on any atom is -0.348 e. The third kappa shape index (κ3) is 4.53. The van der Waals surface area contributed by atoms with Gasteiger partial charge < -0.3 is 10.6 Å². The topological polar surface area (TPSA) is 116 Å². The van der Waals surface area contributed by atoms with Crippen molar-refractivity contribution in [1.82, 2.24) is 40.0 Å². The molecule has 36 heavy (non-hydrogen) atoms. The van der Waals surface area contributed by atoms with E-state index >= 15 is 0 Å². The Morgan fingerprint density at radius 2 is 1.92 bits per heavy atom. The number of anilines is 2. The van der Waals surface area contributed by atoms with E-state index < -0.39 is 0 Å². The minimum atomic E-state index is -0.0597. The van der Waals surface area contributed by atoms with Crippen LogP contribution in [0.5, 0.6) is 0 Å². The number of likely N-dealkylation sites (tertiary alicyclic amines) is 1. The molecule has 5 aromatic rings. The molecule has 1 aliphatic rings. The fourth-order valence-corrected chi connectivity index (χ4v) is 4.54. The lowest BCUT2D eigenvalue weighted by molar-refractivity contribution is 0.0937. The molecule has 0 spiro atoms. The number of rotatable bonds is 7. The predicted octanol–water partition coefficient (Wildman–Crippen LogP) is 3.26. The molecule has 10 heteroatoms. The molecule has 10 nitrogen and oxygen atoms in total. The van der Waals surface area contributed by atoms with E-state index in [0.717, 1.165) is 43.0 Å². The molecule has 0 aliphatic carbocycles. The Kier molecular flexibility index (Phi) is 5.84. The highest BCUT2D eigenvalue weighted by Crippen LogP contribution is 2.24. The zero-order valence-corrected chi connectivity index (χ0v) is 19.5. The van der Waals surface area contributed by atoms with Crippen molar-refractivity contribution in [2.75, 3.05) is 18.4 Å². The summed E-state index contributed by atoms with van der Waals surface area (Å²) in [5.41, 5.74) is 4.96. The number of carbonyl (C=O) groups is 1. The second kappa shape index (κ2) is 9.59. The van der Waals surface area contributed by atoms with Crippen LogP contribution in [0.15, 0.2) is 79.5 Å². The number of H-pyrrole nitrogens is 1. The predicted molar refractivity (Wildman–Crippen MR) is 136 cm³/mol. The highest BCUT2D eigenvalue weighted by molar-refractivity contribution is 5.94. The van der Waals surface area contributed by atoms with Gasteiger partial charge in [-0.2, -0.15) is 10.2 Å². The number of fused-ring (bicyclic) bond motifs is 1. The van der Waals surface area contributed by atoms with Crippen molar-refractivity contribution in [2.24, 2.45) is 0 Å². The first-order valence-electron chi connectivity index (χ1n) is 11.8. The third-order valence-electron chi connectivity index (χ3n) is 6.36. The van der Waals surface area contributed by atoms with Gasteiger partial charge in [0.25, 0.3) is 5.91 Å². The van der Waals surface area contributed by atoms with Gasteiger partial charge in [-0.05, 0) is 36.2 Å². The van der Waals surface area contributed by atoms with E-state index in [1.165, 1.54) is 11.9 Å². The van der Waals surface area contributed by atoms with Crippen LogP contribution in [-0.2, 0) is 6.54 Å². The summed E-state index contributed by atoms with van der Waals surface area (Å²) < 4.78 is 1.71. The van der Waals surface area contributed by atoms with E-state index in [0.29, 0.717) is 17.0 Å². The molecule has 1 amide bonds. The molecule has 0 bridgehead atoms. The Labute approximate surface area is 207 Å². The zero-order chi connectivity index (χ0) is 24.3. The maximum atomic E-state index is 12.8. The van der Waals surface area contributed by atoms with E-state index in [1.807, 2.05) is 30.3 Å². The maximum Gasteiger partial charge on any atom is 0.251 e. The van der Waals surface area contributed by atoms with Gasteiger partial charge in [-0.25, -0.2) is 14.5 Å². The number of nitrogens with one attached hydrogen (secondary N) is 3. The molecule has 0 unspecified atom stereocenters. The number of amides is 1. The van der Waals surface area contributed by atoms with Crippen LogP contribution in [0, 0.1) is 0 Å². The molecule has 6 rings (SSSR count). The fraction of sp³-hybridized carbons (Fsp3) is 0.192. The van der Waals surface area contributed by atoms with Crippen LogP contribution in [0.4, 0.5) is 11.5 Å². The van der Waals surface area contributed by atoms with Crippen molar-refractivity contribution < 1.29 is 4.79 Å².